The molecule has 0 spiro atoms. The SMILES string of the molecule is Cc1ccc(CC(C)(C)N2CCCCC2=O)cc1OC(C)(C)C. The molecule has 128 valence electrons. The van der Waals surface area contributed by atoms with Gasteiger partial charge in [0.25, 0.3) is 0 Å². The molecule has 0 radical (unpaired) electrons. The Balaban J connectivity index is 2.18. The Labute approximate surface area is 141 Å². The van der Waals surface area contributed by atoms with Crippen LogP contribution in [-0.2, 0) is 11.2 Å². The van der Waals surface area contributed by atoms with Crippen molar-refractivity contribution in [3.63, 3.8) is 0 Å². The summed E-state index contributed by atoms with van der Waals surface area (Å²) in [5.41, 5.74) is 2.00. The number of rotatable bonds is 4. The van der Waals surface area contributed by atoms with Gasteiger partial charge in [0.2, 0.25) is 5.91 Å². The van der Waals surface area contributed by atoms with Crippen LogP contribution in [0.1, 0.15) is 65.0 Å². The predicted molar refractivity (Wildman–Crippen MR) is 94.9 cm³/mol. The van der Waals surface area contributed by atoms with E-state index in [1.165, 1.54) is 5.56 Å². The molecule has 0 aliphatic carbocycles. The van der Waals surface area contributed by atoms with E-state index in [1.807, 2.05) is 0 Å². The number of carbonyl (C=O) groups excluding carboxylic acids is 1. The van der Waals surface area contributed by atoms with Gasteiger partial charge in [-0.2, -0.15) is 0 Å². The van der Waals surface area contributed by atoms with Crippen molar-refractivity contribution < 1.29 is 9.53 Å². The van der Waals surface area contributed by atoms with E-state index in [4.69, 9.17) is 4.74 Å². The first kappa shape index (κ1) is 17.8. The minimum absolute atomic E-state index is 0.161. The minimum atomic E-state index is -0.207. The molecular weight excluding hydrogens is 286 g/mol. The number of hydrogen-bond donors (Lipinski definition) is 0. The van der Waals surface area contributed by atoms with Crippen molar-refractivity contribution in [2.45, 2.75) is 78.4 Å². The zero-order chi connectivity index (χ0) is 17.3. The molecule has 2 rings (SSSR count). The van der Waals surface area contributed by atoms with Crippen LogP contribution in [-0.4, -0.2) is 28.5 Å². The number of amides is 1. The summed E-state index contributed by atoms with van der Waals surface area (Å²) in [6.45, 7) is 13.5. The maximum atomic E-state index is 12.2. The van der Waals surface area contributed by atoms with Crippen LogP contribution < -0.4 is 4.74 Å². The molecule has 1 aliphatic rings. The first-order valence-electron chi connectivity index (χ1n) is 8.67. The molecule has 1 aromatic carbocycles. The second-order valence-corrected chi connectivity index (χ2v) is 8.31. The molecule has 3 heteroatoms. The Morgan fingerprint density at radius 2 is 1.83 bits per heavy atom. The summed E-state index contributed by atoms with van der Waals surface area (Å²) < 4.78 is 6.07. The highest BCUT2D eigenvalue weighted by atomic mass is 16.5. The number of ether oxygens (including phenoxy) is 1. The molecule has 1 heterocycles. The molecule has 0 N–H and O–H groups in total. The Bertz CT molecular complexity index is 569. The Morgan fingerprint density at radius 3 is 2.43 bits per heavy atom. The molecule has 0 atom stereocenters. The van der Waals surface area contributed by atoms with Crippen LogP contribution in [0.25, 0.3) is 0 Å². The molecule has 0 unspecified atom stereocenters. The van der Waals surface area contributed by atoms with Crippen molar-refractivity contribution >= 4 is 5.91 Å². The maximum absolute atomic E-state index is 12.2. The fraction of sp³-hybridized carbons (Fsp3) is 0.650. The van der Waals surface area contributed by atoms with E-state index in [9.17, 15) is 4.79 Å². The summed E-state index contributed by atoms with van der Waals surface area (Å²) in [4.78, 5) is 14.3. The lowest BCUT2D eigenvalue weighted by Gasteiger charge is -2.41. The normalized spacial score (nSPS) is 16.6. The molecule has 3 nitrogen and oxygen atoms in total. The molecule has 1 fully saturated rings. The van der Waals surface area contributed by atoms with Gasteiger partial charge in [-0.05, 0) is 78.0 Å². The average molecular weight is 317 g/mol. The third-order valence-electron chi connectivity index (χ3n) is 4.36. The van der Waals surface area contributed by atoms with Crippen molar-refractivity contribution in [3.8, 4) is 5.75 Å². The summed E-state index contributed by atoms with van der Waals surface area (Å²) in [5, 5.41) is 0. The van der Waals surface area contributed by atoms with Crippen LogP contribution in [0, 0.1) is 6.92 Å². The van der Waals surface area contributed by atoms with Crippen LogP contribution in [0.15, 0.2) is 18.2 Å². The number of piperidine rings is 1. The smallest absolute Gasteiger partial charge is 0.223 e. The average Bonchev–Trinajstić information content (AvgIpc) is 2.41. The van der Waals surface area contributed by atoms with Gasteiger partial charge < -0.3 is 9.64 Å². The molecule has 1 aromatic rings. The standard InChI is InChI=1S/C20H31NO2/c1-15-10-11-16(13-17(15)23-19(2,3)4)14-20(5,6)21-12-8-7-9-18(21)22/h10-11,13H,7-9,12,14H2,1-6H3. The summed E-state index contributed by atoms with van der Waals surface area (Å²) >= 11 is 0. The van der Waals surface area contributed by atoms with Gasteiger partial charge in [0.05, 0.1) is 0 Å². The van der Waals surface area contributed by atoms with E-state index in [2.05, 4.69) is 64.6 Å². The number of likely N-dealkylation sites (tertiary alicyclic amines) is 1. The van der Waals surface area contributed by atoms with Gasteiger partial charge in [-0.15, -0.1) is 0 Å². The van der Waals surface area contributed by atoms with Gasteiger partial charge in [-0.25, -0.2) is 0 Å². The third-order valence-corrected chi connectivity index (χ3v) is 4.36. The van der Waals surface area contributed by atoms with Crippen molar-refractivity contribution in [2.75, 3.05) is 6.54 Å². The highest BCUT2D eigenvalue weighted by Crippen LogP contribution is 2.29. The van der Waals surface area contributed by atoms with Crippen LogP contribution >= 0.6 is 0 Å². The number of carbonyl (C=O) groups is 1. The van der Waals surface area contributed by atoms with E-state index < -0.39 is 0 Å². The zero-order valence-electron chi connectivity index (χ0n) is 15.5. The number of aryl methyl sites for hydroxylation is 1. The second kappa shape index (κ2) is 6.54. The predicted octanol–water partition coefficient (Wildman–Crippen LogP) is 4.51. The topological polar surface area (TPSA) is 29.5 Å². The molecule has 1 aliphatic heterocycles. The number of nitrogens with zero attached hydrogens (tertiary/aromatic N) is 1. The first-order chi connectivity index (χ1) is 10.6. The van der Waals surface area contributed by atoms with E-state index >= 15 is 0 Å². The Morgan fingerprint density at radius 1 is 1.13 bits per heavy atom. The number of benzene rings is 1. The molecule has 0 bridgehead atoms. The number of hydrogen-bond acceptors (Lipinski definition) is 2. The van der Waals surface area contributed by atoms with Crippen LogP contribution in [0.2, 0.25) is 0 Å². The lowest BCUT2D eigenvalue weighted by Crippen LogP contribution is -2.51. The second-order valence-electron chi connectivity index (χ2n) is 8.31. The fourth-order valence-corrected chi connectivity index (χ4v) is 3.24. The molecular formula is C20H31NO2. The van der Waals surface area contributed by atoms with Crippen molar-refractivity contribution in [2.24, 2.45) is 0 Å². The molecule has 1 amide bonds. The van der Waals surface area contributed by atoms with Crippen LogP contribution in [0.5, 0.6) is 5.75 Å². The highest BCUT2D eigenvalue weighted by Gasteiger charge is 2.32. The van der Waals surface area contributed by atoms with E-state index in [-0.39, 0.29) is 11.1 Å². The van der Waals surface area contributed by atoms with E-state index in [1.54, 1.807) is 0 Å². The summed E-state index contributed by atoms with van der Waals surface area (Å²) in [6, 6.07) is 6.41. The van der Waals surface area contributed by atoms with Gasteiger partial charge in [0, 0.05) is 18.5 Å². The summed E-state index contributed by atoms with van der Waals surface area (Å²) in [6.07, 6.45) is 3.68. The highest BCUT2D eigenvalue weighted by molar-refractivity contribution is 5.77. The van der Waals surface area contributed by atoms with Gasteiger partial charge in [-0.1, -0.05) is 12.1 Å². The van der Waals surface area contributed by atoms with Crippen LogP contribution in [0.4, 0.5) is 0 Å². The van der Waals surface area contributed by atoms with Gasteiger partial charge >= 0.3 is 0 Å². The molecule has 23 heavy (non-hydrogen) atoms. The third kappa shape index (κ3) is 4.73. The molecule has 0 aromatic heterocycles. The monoisotopic (exact) mass is 317 g/mol. The van der Waals surface area contributed by atoms with E-state index in [0.29, 0.717) is 12.3 Å². The van der Waals surface area contributed by atoms with Crippen LogP contribution in [0.3, 0.4) is 0 Å². The molecule has 0 saturated carbocycles. The maximum Gasteiger partial charge on any atom is 0.223 e. The van der Waals surface area contributed by atoms with Crippen molar-refractivity contribution in [3.05, 3.63) is 29.3 Å². The van der Waals surface area contributed by atoms with Gasteiger partial charge in [-0.3, -0.25) is 4.79 Å². The zero-order valence-corrected chi connectivity index (χ0v) is 15.5. The lowest BCUT2D eigenvalue weighted by molar-refractivity contribution is -0.139. The Kier molecular flexibility index (Phi) is 5.07. The van der Waals surface area contributed by atoms with Crippen molar-refractivity contribution in [1.29, 1.82) is 0 Å². The fourth-order valence-electron chi connectivity index (χ4n) is 3.24. The lowest BCUT2D eigenvalue weighted by atomic mass is 9.90. The quantitative estimate of drug-likeness (QED) is 0.818. The van der Waals surface area contributed by atoms with Gasteiger partial charge in [0.1, 0.15) is 11.4 Å². The van der Waals surface area contributed by atoms with Gasteiger partial charge in [0.15, 0.2) is 0 Å². The van der Waals surface area contributed by atoms with Crippen molar-refractivity contribution in [1.82, 2.24) is 4.90 Å². The summed E-state index contributed by atoms with van der Waals surface area (Å²) in [5.74, 6) is 1.23. The minimum Gasteiger partial charge on any atom is -0.488 e. The molecule has 1 saturated heterocycles. The Hall–Kier alpha value is -1.51. The first-order valence-corrected chi connectivity index (χ1v) is 8.67. The largest absolute Gasteiger partial charge is 0.488 e. The summed E-state index contributed by atoms with van der Waals surface area (Å²) in [7, 11) is 0. The van der Waals surface area contributed by atoms with E-state index in [0.717, 1.165) is 37.1 Å².